The van der Waals surface area contributed by atoms with E-state index in [2.05, 4.69) is 4.98 Å². The number of hydrogen-bond acceptors (Lipinski definition) is 2. The van der Waals surface area contributed by atoms with E-state index in [1.54, 1.807) is 17.1 Å². The van der Waals surface area contributed by atoms with Crippen LogP contribution in [0.3, 0.4) is 0 Å². The summed E-state index contributed by atoms with van der Waals surface area (Å²) in [5.41, 5.74) is 8.38. The zero-order valence-electron chi connectivity index (χ0n) is 6.40. The number of anilines is 1. The van der Waals surface area contributed by atoms with Gasteiger partial charge in [0.05, 0.1) is 17.6 Å². The van der Waals surface area contributed by atoms with Crippen LogP contribution in [0.15, 0.2) is 18.3 Å². The number of allylic oxidation sites excluding steroid dienone is 1. The largest absolute Gasteiger partial charge is 0.397 e. The Morgan fingerprint density at radius 3 is 3.25 bits per heavy atom. The van der Waals surface area contributed by atoms with Gasteiger partial charge in [-0.1, -0.05) is 6.08 Å². The number of nitrogen functional groups attached to an aromatic ring is 1. The van der Waals surface area contributed by atoms with Crippen molar-refractivity contribution in [3.05, 3.63) is 29.6 Å². The van der Waals surface area contributed by atoms with E-state index >= 15 is 0 Å². The summed E-state index contributed by atoms with van der Waals surface area (Å²) in [7, 11) is 1.63. The summed E-state index contributed by atoms with van der Waals surface area (Å²) in [6, 6.07) is 1.93. The van der Waals surface area contributed by atoms with Gasteiger partial charge in [-0.05, 0) is 17.5 Å². The minimum atomic E-state index is 0.709. The fraction of sp³-hybridized carbons (Fsp3) is 0. The number of hydrogen-bond donors (Lipinski definition) is 1. The van der Waals surface area contributed by atoms with Crippen LogP contribution in [-0.2, 0) is 0 Å². The Labute approximate surface area is 74.3 Å². The van der Waals surface area contributed by atoms with Crippen LogP contribution in [0.1, 0.15) is 11.3 Å². The molecule has 2 N–H and O–H groups in total. The summed E-state index contributed by atoms with van der Waals surface area (Å²) < 4.78 is 0. The van der Waals surface area contributed by atoms with E-state index in [0.717, 1.165) is 11.3 Å². The highest BCUT2D eigenvalue weighted by Gasteiger charge is 1.98. The summed E-state index contributed by atoms with van der Waals surface area (Å²) in [5.74, 6) is 0. The molecule has 1 aliphatic heterocycles. The van der Waals surface area contributed by atoms with Crippen LogP contribution in [0.25, 0.3) is 6.08 Å². The lowest BCUT2D eigenvalue weighted by Crippen LogP contribution is -1.93. The molecular weight excluding hydrogens is 168 g/mol. The van der Waals surface area contributed by atoms with Gasteiger partial charge in [0.25, 0.3) is 0 Å². The van der Waals surface area contributed by atoms with Crippen molar-refractivity contribution < 1.29 is 0 Å². The zero-order chi connectivity index (χ0) is 8.39. The van der Waals surface area contributed by atoms with Crippen molar-refractivity contribution >= 4 is 33.4 Å². The van der Waals surface area contributed by atoms with E-state index in [4.69, 9.17) is 5.73 Å². The molecule has 0 spiro atoms. The highest BCUT2D eigenvalue weighted by atomic mass is 32.1. The first-order chi connectivity index (χ1) is 5.86. The third-order valence-electron chi connectivity index (χ3n) is 1.58. The molecule has 0 aliphatic carbocycles. The minimum absolute atomic E-state index is 0.709. The van der Waals surface area contributed by atoms with E-state index in [0.29, 0.717) is 5.69 Å². The van der Waals surface area contributed by atoms with Gasteiger partial charge in [0.15, 0.2) is 0 Å². The Morgan fingerprint density at radius 1 is 1.42 bits per heavy atom. The van der Waals surface area contributed by atoms with Crippen molar-refractivity contribution in [3.63, 3.8) is 0 Å². The van der Waals surface area contributed by atoms with Gasteiger partial charge in [-0.3, -0.25) is 4.98 Å². The molecule has 3 heteroatoms. The van der Waals surface area contributed by atoms with E-state index in [9.17, 15) is 0 Å². The van der Waals surface area contributed by atoms with Crippen molar-refractivity contribution in [2.75, 3.05) is 5.73 Å². The van der Waals surface area contributed by atoms with Gasteiger partial charge in [0, 0.05) is 10.9 Å². The number of nitrogens with two attached hydrogens (primary N) is 1. The summed E-state index contributed by atoms with van der Waals surface area (Å²) in [5, 5.41) is 4.05. The molecule has 60 valence electrons. The van der Waals surface area contributed by atoms with E-state index < -0.39 is 0 Å². The number of pyridine rings is 1. The summed E-state index contributed by atoms with van der Waals surface area (Å²) >= 11 is 0. The van der Waals surface area contributed by atoms with E-state index in [-0.39, 0.29) is 0 Å². The maximum atomic E-state index is 5.61. The molecule has 0 fully saturated rings. The molecule has 2 rings (SSSR count). The van der Waals surface area contributed by atoms with Gasteiger partial charge in [0.2, 0.25) is 0 Å². The first-order valence-corrected chi connectivity index (χ1v) is 4.54. The summed E-state index contributed by atoms with van der Waals surface area (Å²) in [4.78, 5) is 4.20. The molecule has 12 heavy (non-hydrogen) atoms. The first kappa shape index (κ1) is 7.31. The molecule has 2 heterocycles. The smallest absolute Gasteiger partial charge is 0.0711 e. The Bertz CT molecular complexity index is 401. The lowest BCUT2D eigenvalue weighted by atomic mass is 10.2. The van der Waals surface area contributed by atoms with Gasteiger partial charge < -0.3 is 5.73 Å². The molecule has 2 nitrogen and oxygen atoms in total. The summed E-state index contributed by atoms with van der Waals surface area (Å²) in [6.45, 7) is 0. The van der Waals surface area contributed by atoms with Crippen molar-refractivity contribution in [2.45, 2.75) is 0 Å². The number of aromatic nitrogens is 1. The average Bonchev–Trinajstić information content (AvgIpc) is 2.28. The second kappa shape index (κ2) is 2.95. The van der Waals surface area contributed by atoms with Crippen LogP contribution in [0.4, 0.5) is 5.69 Å². The lowest BCUT2D eigenvalue weighted by molar-refractivity contribution is 1.29. The standard InChI is InChI=1S/C9H8N2S/c10-8-4-7-6-12-3-1-2-9(7)11-5-8/h1-6H,10H2. The van der Waals surface area contributed by atoms with Crippen LogP contribution < -0.4 is 5.73 Å². The SMILES string of the molecule is Nc1cnc2c(c1)C=S=CC=C2. The van der Waals surface area contributed by atoms with Crippen molar-refractivity contribution in [1.82, 2.24) is 4.98 Å². The third kappa shape index (κ3) is 1.31. The van der Waals surface area contributed by atoms with Gasteiger partial charge in [-0.25, -0.2) is 0 Å². The zero-order valence-corrected chi connectivity index (χ0v) is 7.21. The Morgan fingerprint density at radius 2 is 2.33 bits per heavy atom. The molecule has 1 aliphatic rings. The van der Waals surface area contributed by atoms with Crippen LogP contribution in [0, 0.1) is 0 Å². The molecular formula is C9H8N2S. The molecule has 0 radical (unpaired) electrons. The second-order valence-electron chi connectivity index (χ2n) is 2.49. The molecule has 0 saturated carbocycles. The van der Waals surface area contributed by atoms with E-state index in [1.165, 1.54) is 0 Å². The quantitative estimate of drug-likeness (QED) is 0.606. The molecule has 1 aromatic heterocycles. The molecule has 0 unspecified atom stereocenters. The van der Waals surface area contributed by atoms with Crippen LogP contribution in [0.2, 0.25) is 0 Å². The van der Waals surface area contributed by atoms with Crippen molar-refractivity contribution in [3.8, 4) is 0 Å². The molecule has 0 bridgehead atoms. The highest BCUT2D eigenvalue weighted by molar-refractivity contribution is 7.96. The first-order valence-electron chi connectivity index (χ1n) is 3.60. The van der Waals surface area contributed by atoms with Crippen molar-refractivity contribution in [1.29, 1.82) is 0 Å². The molecule has 0 amide bonds. The maximum absolute atomic E-state index is 5.61. The van der Waals surface area contributed by atoms with Gasteiger partial charge in [0.1, 0.15) is 0 Å². The fourth-order valence-corrected chi connectivity index (χ4v) is 1.61. The molecule has 0 saturated heterocycles. The Balaban J connectivity index is 2.66. The number of nitrogens with zero attached hydrogens (tertiary/aromatic N) is 1. The average molecular weight is 176 g/mol. The lowest BCUT2D eigenvalue weighted by Gasteiger charge is -1.98. The predicted molar refractivity (Wildman–Crippen MR) is 56.5 cm³/mol. The molecule has 1 aromatic rings. The Kier molecular flexibility index (Phi) is 1.80. The van der Waals surface area contributed by atoms with Gasteiger partial charge >= 0.3 is 0 Å². The van der Waals surface area contributed by atoms with Gasteiger partial charge in [-0.15, -0.1) is 0 Å². The van der Waals surface area contributed by atoms with E-state index in [1.807, 2.05) is 29.0 Å². The van der Waals surface area contributed by atoms with Crippen LogP contribution >= 0.6 is 10.9 Å². The Hall–Kier alpha value is -1.35. The highest BCUT2D eigenvalue weighted by Crippen LogP contribution is 2.11. The predicted octanol–water partition coefficient (Wildman–Crippen LogP) is 1.38. The maximum Gasteiger partial charge on any atom is 0.0711 e. The summed E-state index contributed by atoms with van der Waals surface area (Å²) in [6.07, 6.45) is 5.63. The molecule has 0 aromatic carbocycles. The van der Waals surface area contributed by atoms with Gasteiger partial charge in [-0.2, -0.15) is 10.9 Å². The normalized spacial score (nSPS) is 13.3. The van der Waals surface area contributed by atoms with Crippen LogP contribution in [0.5, 0.6) is 0 Å². The third-order valence-corrected chi connectivity index (χ3v) is 2.28. The minimum Gasteiger partial charge on any atom is -0.397 e. The fourth-order valence-electron chi connectivity index (χ4n) is 1.03. The molecule has 0 atom stereocenters. The second-order valence-corrected chi connectivity index (χ2v) is 3.27. The monoisotopic (exact) mass is 176 g/mol. The number of rotatable bonds is 0. The van der Waals surface area contributed by atoms with Crippen LogP contribution in [-0.4, -0.2) is 15.7 Å². The number of fused-ring (bicyclic) bond motifs is 1. The topological polar surface area (TPSA) is 38.9 Å². The van der Waals surface area contributed by atoms with Crippen molar-refractivity contribution in [2.24, 2.45) is 0 Å².